The van der Waals surface area contributed by atoms with Crippen molar-refractivity contribution >= 4 is 27.3 Å². The maximum atomic E-state index is 9.82. The van der Waals surface area contributed by atoms with Gasteiger partial charge in [0, 0.05) is 4.88 Å². The van der Waals surface area contributed by atoms with Crippen LogP contribution in [0.25, 0.3) is 0 Å². The maximum Gasteiger partial charge on any atom is 0.169 e. The topological polar surface area (TPSA) is 33.4 Å². The lowest BCUT2D eigenvalue weighted by atomic mass is 10.1. The summed E-state index contributed by atoms with van der Waals surface area (Å²) in [6, 6.07) is 7.69. The lowest BCUT2D eigenvalue weighted by Crippen LogP contribution is -1.96. The number of hydrogen-bond acceptors (Lipinski definition) is 3. The number of hydrogen-bond donors (Lipinski definition) is 1. The van der Waals surface area contributed by atoms with E-state index in [9.17, 15) is 5.11 Å². The molecule has 0 aromatic carbocycles. The highest BCUT2D eigenvalue weighted by molar-refractivity contribution is 9.10. The highest BCUT2D eigenvalue weighted by atomic mass is 79.9. The minimum absolute atomic E-state index is 0.515. The molecule has 0 aliphatic rings. The van der Waals surface area contributed by atoms with Crippen LogP contribution in [0, 0.1) is 0 Å². The van der Waals surface area contributed by atoms with E-state index in [2.05, 4.69) is 22.0 Å². The van der Waals surface area contributed by atoms with Gasteiger partial charge >= 0.3 is 0 Å². The second kappa shape index (κ2) is 4.96. The first-order chi connectivity index (χ1) is 7.25. The molecule has 2 rings (SSSR count). The summed E-state index contributed by atoms with van der Waals surface area (Å²) in [5.41, 5.74) is 0. The van der Waals surface area contributed by atoms with Gasteiger partial charge in [-0.15, -0.1) is 11.3 Å². The van der Waals surface area contributed by atoms with Gasteiger partial charge in [-0.05, 0) is 52.4 Å². The number of aliphatic hydroxyl groups is 1. The molecule has 2 aromatic rings. The molecule has 15 heavy (non-hydrogen) atoms. The van der Waals surface area contributed by atoms with E-state index in [1.807, 2.05) is 11.4 Å². The third kappa shape index (κ3) is 2.93. The first-order valence-electron chi connectivity index (χ1n) is 4.71. The molecule has 0 aliphatic carbocycles. The van der Waals surface area contributed by atoms with Gasteiger partial charge < -0.3 is 9.52 Å². The molecule has 2 aromatic heterocycles. The van der Waals surface area contributed by atoms with Gasteiger partial charge in [-0.25, -0.2) is 0 Å². The SMILES string of the molecule is OC(CCc1cccs1)c1ccc(Br)o1. The van der Waals surface area contributed by atoms with Gasteiger partial charge in [-0.3, -0.25) is 0 Å². The van der Waals surface area contributed by atoms with Crippen molar-refractivity contribution in [3.63, 3.8) is 0 Å². The van der Waals surface area contributed by atoms with Crippen molar-refractivity contribution in [1.29, 1.82) is 0 Å². The molecule has 0 saturated carbocycles. The average molecular weight is 287 g/mol. The predicted molar refractivity (Wildman–Crippen MR) is 64.0 cm³/mol. The normalized spacial score (nSPS) is 12.9. The van der Waals surface area contributed by atoms with Crippen LogP contribution in [0.3, 0.4) is 0 Å². The Kier molecular flexibility index (Phi) is 3.61. The fourth-order valence-corrected chi connectivity index (χ4v) is 2.43. The van der Waals surface area contributed by atoms with Crippen LogP contribution in [0.1, 0.15) is 23.2 Å². The molecule has 0 spiro atoms. The van der Waals surface area contributed by atoms with Crippen LogP contribution in [-0.2, 0) is 6.42 Å². The van der Waals surface area contributed by atoms with Crippen LogP contribution in [0.5, 0.6) is 0 Å². The number of furan rings is 1. The van der Waals surface area contributed by atoms with Crippen LogP contribution in [0.15, 0.2) is 38.7 Å². The molecule has 0 saturated heterocycles. The van der Waals surface area contributed by atoms with Crippen molar-refractivity contribution in [2.24, 2.45) is 0 Å². The Labute approximate surface area is 101 Å². The number of aryl methyl sites for hydroxylation is 1. The Morgan fingerprint density at radius 3 is 2.87 bits per heavy atom. The van der Waals surface area contributed by atoms with Crippen LogP contribution < -0.4 is 0 Å². The zero-order valence-electron chi connectivity index (χ0n) is 8.02. The highest BCUT2D eigenvalue weighted by Crippen LogP contribution is 2.24. The Balaban J connectivity index is 1.90. The lowest BCUT2D eigenvalue weighted by molar-refractivity contribution is 0.139. The molecule has 2 nitrogen and oxygen atoms in total. The van der Waals surface area contributed by atoms with Crippen molar-refractivity contribution in [1.82, 2.24) is 0 Å². The third-order valence-electron chi connectivity index (χ3n) is 2.17. The van der Waals surface area contributed by atoms with Crippen molar-refractivity contribution in [3.8, 4) is 0 Å². The van der Waals surface area contributed by atoms with E-state index in [0.29, 0.717) is 16.9 Å². The van der Waals surface area contributed by atoms with E-state index in [1.165, 1.54) is 4.88 Å². The zero-order chi connectivity index (χ0) is 10.7. The van der Waals surface area contributed by atoms with Crippen molar-refractivity contribution in [3.05, 3.63) is 45.0 Å². The van der Waals surface area contributed by atoms with Crippen molar-refractivity contribution in [2.45, 2.75) is 18.9 Å². The summed E-state index contributed by atoms with van der Waals surface area (Å²) in [7, 11) is 0. The maximum absolute atomic E-state index is 9.82. The molecule has 4 heteroatoms. The molecule has 1 atom stereocenters. The van der Waals surface area contributed by atoms with Gasteiger partial charge in [-0.2, -0.15) is 0 Å². The highest BCUT2D eigenvalue weighted by Gasteiger charge is 2.11. The second-order valence-electron chi connectivity index (χ2n) is 3.28. The number of rotatable bonds is 4. The molecule has 0 radical (unpaired) electrons. The van der Waals surface area contributed by atoms with E-state index < -0.39 is 6.10 Å². The fraction of sp³-hybridized carbons (Fsp3) is 0.273. The summed E-state index contributed by atoms with van der Waals surface area (Å²) in [4.78, 5) is 1.29. The molecule has 0 fully saturated rings. The number of halogens is 1. The lowest BCUT2D eigenvalue weighted by Gasteiger charge is -2.05. The first kappa shape index (κ1) is 10.9. The molecule has 2 heterocycles. The van der Waals surface area contributed by atoms with E-state index >= 15 is 0 Å². The number of thiophene rings is 1. The minimum atomic E-state index is -0.515. The Morgan fingerprint density at radius 1 is 1.40 bits per heavy atom. The van der Waals surface area contributed by atoms with Crippen LogP contribution in [-0.4, -0.2) is 5.11 Å². The predicted octanol–water partition coefficient (Wildman–Crippen LogP) is 3.77. The molecular formula is C11H11BrO2S. The van der Waals surface area contributed by atoms with Crippen LogP contribution >= 0.6 is 27.3 Å². The molecular weight excluding hydrogens is 276 g/mol. The summed E-state index contributed by atoms with van der Waals surface area (Å²) in [5, 5.41) is 11.9. The summed E-state index contributed by atoms with van der Waals surface area (Å²) < 4.78 is 5.95. The summed E-state index contributed by atoms with van der Waals surface area (Å²) in [6.45, 7) is 0. The first-order valence-corrected chi connectivity index (χ1v) is 6.38. The summed E-state index contributed by atoms with van der Waals surface area (Å²) in [6.07, 6.45) is 1.07. The van der Waals surface area contributed by atoms with Gasteiger partial charge in [0.1, 0.15) is 11.9 Å². The number of aliphatic hydroxyl groups excluding tert-OH is 1. The van der Waals surface area contributed by atoms with Crippen LogP contribution in [0.4, 0.5) is 0 Å². The summed E-state index contributed by atoms with van der Waals surface area (Å²) in [5.74, 6) is 0.624. The third-order valence-corrected chi connectivity index (χ3v) is 3.53. The van der Waals surface area contributed by atoms with E-state index in [-0.39, 0.29) is 0 Å². The molecule has 80 valence electrons. The molecule has 0 amide bonds. The van der Waals surface area contributed by atoms with Gasteiger partial charge in [-0.1, -0.05) is 6.07 Å². The Hall–Kier alpha value is -0.580. The van der Waals surface area contributed by atoms with E-state index in [1.54, 1.807) is 23.5 Å². The van der Waals surface area contributed by atoms with Gasteiger partial charge in [0.25, 0.3) is 0 Å². The van der Waals surface area contributed by atoms with Gasteiger partial charge in [0.2, 0.25) is 0 Å². The molecule has 1 unspecified atom stereocenters. The smallest absolute Gasteiger partial charge is 0.169 e. The van der Waals surface area contributed by atoms with Gasteiger partial charge in [0.15, 0.2) is 4.67 Å². The quantitative estimate of drug-likeness (QED) is 0.928. The largest absolute Gasteiger partial charge is 0.452 e. The van der Waals surface area contributed by atoms with Gasteiger partial charge in [0.05, 0.1) is 0 Å². The second-order valence-corrected chi connectivity index (χ2v) is 5.09. The molecule has 1 N–H and O–H groups in total. The van der Waals surface area contributed by atoms with Crippen molar-refractivity contribution < 1.29 is 9.52 Å². The van der Waals surface area contributed by atoms with Crippen LogP contribution in [0.2, 0.25) is 0 Å². The average Bonchev–Trinajstić information content (AvgIpc) is 2.84. The molecule has 0 bridgehead atoms. The van der Waals surface area contributed by atoms with E-state index in [0.717, 1.165) is 6.42 Å². The Morgan fingerprint density at radius 2 is 2.27 bits per heavy atom. The van der Waals surface area contributed by atoms with E-state index in [4.69, 9.17) is 4.42 Å². The standard InChI is InChI=1S/C11H11BrO2S/c12-11-6-5-10(14-11)9(13)4-3-8-2-1-7-15-8/h1-2,5-7,9,13H,3-4H2. The Bertz CT molecular complexity index is 408. The summed E-state index contributed by atoms with van der Waals surface area (Å²) >= 11 is 4.93. The fourth-order valence-electron chi connectivity index (χ4n) is 1.38. The molecule has 0 aliphatic heterocycles. The minimum Gasteiger partial charge on any atom is -0.452 e. The zero-order valence-corrected chi connectivity index (χ0v) is 10.4. The monoisotopic (exact) mass is 286 g/mol. The van der Waals surface area contributed by atoms with Crippen molar-refractivity contribution in [2.75, 3.05) is 0 Å².